The van der Waals surface area contributed by atoms with Crippen molar-refractivity contribution in [3.8, 4) is 24.2 Å². The van der Waals surface area contributed by atoms with Crippen LogP contribution in [0.25, 0.3) is 0 Å². The van der Waals surface area contributed by atoms with Gasteiger partial charge in [-0.25, -0.2) is 24.0 Å². The summed E-state index contributed by atoms with van der Waals surface area (Å²) in [4.78, 5) is 104. The third-order valence-corrected chi connectivity index (χ3v) is 24.3. The van der Waals surface area contributed by atoms with Crippen molar-refractivity contribution in [2.75, 3.05) is 52.5 Å². The number of carbonyl (C=O) groups is 9. The summed E-state index contributed by atoms with van der Waals surface area (Å²) in [5.41, 5.74) is 15.5. The first-order valence-corrected chi connectivity index (χ1v) is 39.8. The molecule has 100 heavy (non-hydrogen) atoms. The van der Waals surface area contributed by atoms with Crippen molar-refractivity contribution in [1.29, 1.82) is 0 Å². The number of hydrogen-bond donors (Lipinski definition) is 13. The number of carboxylic acids is 2. The van der Waals surface area contributed by atoms with Crippen molar-refractivity contribution in [3.05, 3.63) is 21.6 Å². The number of rotatable bonds is 21. The molecule has 32 nitrogen and oxygen atoms in total. The minimum atomic E-state index is -2.16. The zero-order valence-corrected chi connectivity index (χ0v) is 66.6. The van der Waals surface area contributed by atoms with Crippen LogP contribution in [-0.4, -0.2) is 220 Å². The molecule has 0 saturated carbocycles. The first kappa shape index (κ1) is 95.7. The van der Waals surface area contributed by atoms with Crippen LogP contribution in [0.4, 0.5) is 24.0 Å². The second-order valence-electron chi connectivity index (χ2n) is 28.5. The first-order valence-electron chi connectivity index (χ1n) is 32.9. The predicted octanol–water partition coefficient (Wildman–Crippen LogP) is 6.29. The molecule has 4 aliphatic heterocycles. The Morgan fingerprint density at radius 3 is 1.53 bits per heavy atom. The van der Waals surface area contributed by atoms with Crippen LogP contribution in [0, 0.1) is 24.2 Å². The molecule has 8 unspecified atom stereocenters. The predicted molar refractivity (Wildman–Crippen MR) is 389 cm³/mol. The fraction of sp³-hybridized carbons (Fsp3) is 0.738. The van der Waals surface area contributed by atoms with E-state index in [0.29, 0.717) is 18.6 Å². The van der Waals surface area contributed by atoms with E-state index in [1.807, 2.05) is 36.4 Å². The van der Waals surface area contributed by atoms with Crippen LogP contribution in [0.2, 0.25) is 36.3 Å². The quantitative estimate of drug-likeness (QED) is 0.0197. The Labute approximate surface area is 606 Å². The number of aliphatic carboxylic acids is 2. The Morgan fingerprint density at radius 1 is 0.670 bits per heavy atom. The number of aliphatic hydroxyl groups is 2. The molecular weight excluding hydrogens is 1450 g/mol. The van der Waals surface area contributed by atoms with E-state index in [9.17, 15) is 48.3 Å². The number of carbonyl (C=O) groups excluding carboxylic acids is 7. The van der Waals surface area contributed by atoms with Gasteiger partial charge in [0.1, 0.15) is 53.8 Å². The van der Waals surface area contributed by atoms with Gasteiger partial charge in [0.25, 0.3) is 0 Å². The van der Waals surface area contributed by atoms with E-state index >= 15 is 0 Å². The van der Waals surface area contributed by atoms with E-state index < -0.39 is 107 Å². The number of urea groups is 2. The summed E-state index contributed by atoms with van der Waals surface area (Å²) >= 11 is 2.03. The van der Waals surface area contributed by atoms with Crippen molar-refractivity contribution in [2.45, 2.75) is 258 Å². The molecule has 2 fully saturated rings. The second kappa shape index (κ2) is 44.9. The van der Waals surface area contributed by atoms with Gasteiger partial charge in [-0.2, -0.15) is 0 Å². The Hall–Kier alpha value is -6.37. The number of aliphatic hydroxyl groups excluding tert-OH is 2. The summed E-state index contributed by atoms with van der Waals surface area (Å²) < 4.78 is 45.7. The smallest absolute Gasteiger partial charge is 0.407 e. The molecule has 8 atom stereocenters. The van der Waals surface area contributed by atoms with Gasteiger partial charge in [0.15, 0.2) is 23.2 Å². The highest BCUT2D eigenvalue weighted by Gasteiger charge is 2.49. The van der Waals surface area contributed by atoms with Crippen molar-refractivity contribution in [1.82, 2.24) is 41.7 Å². The molecule has 0 bridgehead atoms. The zero-order valence-electron chi connectivity index (χ0n) is 62.5. The molecule has 574 valence electrons. The second-order valence-corrected chi connectivity index (χ2v) is 39.4. The van der Waals surface area contributed by atoms with E-state index in [2.05, 4.69) is 122 Å². The zero-order chi connectivity index (χ0) is 78.0. The lowest BCUT2D eigenvalue weighted by molar-refractivity contribution is -0.142. The molecule has 0 aliphatic carbocycles. The number of hydrogen-bond acceptors (Lipinski definition) is 22. The third kappa shape index (κ3) is 40.9. The van der Waals surface area contributed by atoms with Crippen LogP contribution in [0.1, 0.15) is 156 Å². The number of nitrogens with two attached hydrogens (primary N) is 3. The molecule has 0 aromatic rings. The summed E-state index contributed by atoms with van der Waals surface area (Å²) in [6.07, 6.45) is 2.79. The van der Waals surface area contributed by atoms with Gasteiger partial charge in [-0.15, -0.1) is 6.42 Å². The van der Waals surface area contributed by atoms with E-state index in [1.54, 1.807) is 74.7 Å². The van der Waals surface area contributed by atoms with Gasteiger partial charge in [-0.3, -0.25) is 29.0 Å². The monoisotopic (exact) mass is 1570 g/mol. The lowest BCUT2D eigenvalue weighted by atomic mass is 10.1. The van der Waals surface area contributed by atoms with Crippen LogP contribution in [-0.2, 0) is 56.5 Å². The maximum Gasteiger partial charge on any atom is 0.407 e. The first-order chi connectivity index (χ1) is 45.8. The summed E-state index contributed by atoms with van der Waals surface area (Å²) in [6.45, 7) is 42.6. The van der Waals surface area contributed by atoms with Gasteiger partial charge in [-0.1, -0.05) is 73.2 Å². The summed E-state index contributed by atoms with van der Waals surface area (Å²) in [5.74, 6) is 5.53. The summed E-state index contributed by atoms with van der Waals surface area (Å²) in [6, 6.07) is -0.750. The normalized spacial score (nSPS) is 20.5. The van der Waals surface area contributed by atoms with Gasteiger partial charge < -0.3 is 107 Å². The standard InChI is InChI=1S/C32H59N5O7Si2.C11H17NO4.C9H14IN3O4.C8H15NO4.C3H7NO2.C2H6/c1-30(2,3)43-29(40)35-18-16-25(38)34-17-14-15-22-20-37(28(39)36-27(22)33)26-19-23(44-46(12,13)32(7,8)9)24(42-26)21-41-45(10,11)31(4,5)6;1-5-8-15-9(13)6-7-12-10(14)16-11(2,3)4;10-4-2-13(9(16)12-8(4)11)7-1-5(15)6(3-14)17-7;1-8(2,3)13-7(12)9-5-4-6(10)11;4-2-1-3(5)6;1-2/h20,23-24,26-27H,16-19,21,33H2,1-13H3,(H,34,38)(H,35,40)(H,36,39);1H,6-8H2,2-4H3,(H,12,14);2,5-8,14-15H,1,3,11H2,(H,12,16);4-5H2,1-3H3,(H,9,12)(H,10,11);1-2,4H2,(H,5,6);1-2H3. The molecule has 0 spiro atoms. The maximum absolute atomic E-state index is 13.1. The van der Waals surface area contributed by atoms with Crippen molar-refractivity contribution in [3.63, 3.8) is 0 Å². The molecule has 8 amide bonds. The highest BCUT2D eigenvalue weighted by Crippen LogP contribution is 2.42. The van der Waals surface area contributed by atoms with Gasteiger partial charge in [-0.05, 0) is 121 Å². The molecular formula is C65H118IN11O21Si2. The fourth-order valence-electron chi connectivity index (χ4n) is 7.37. The molecule has 35 heteroatoms. The number of alkyl carbamates (subject to hydrolysis) is 3. The van der Waals surface area contributed by atoms with Crippen molar-refractivity contribution < 1.29 is 101 Å². The van der Waals surface area contributed by atoms with Crippen molar-refractivity contribution in [2.24, 2.45) is 17.2 Å². The molecule has 4 aliphatic rings. The number of carboxylic acid groups (broad SMARTS) is 2. The average molecular weight is 1570 g/mol. The van der Waals surface area contributed by atoms with Crippen LogP contribution < -0.4 is 49.1 Å². The molecule has 0 aromatic carbocycles. The fourth-order valence-corrected chi connectivity index (χ4v) is 10.2. The Morgan fingerprint density at radius 2 is 1.11 bits per heavy atom. The van der Waals surface area contributed by atoms with E-state index in [1.165, 1.54) is 9.80 Å². The highest BCUT2D eigenvalue weighted by molar-refractivity contribution is 14.1. The van der Waals surface area contributed by atoms with Crippen LogP contribution in [0.5, 0.6) is 0 Å². The molecule has 0 aromatic heterocycles. The summed E-state index contributed by atoms with van der Waals surface area (Å²) in [5, 5.41) is 50.0. The maximum atomic E-state index is 13.1. The number of halogens is 1. The lowest BCUT2D eigenvalue weighted by Crippen LogP contribution is -2.54. The van der Waals surface area contributed by atoms with E-state index in [4.69, 9.17) is 71.5 Å². The lowest BCUT2D eigenvalue weighted by Gasteiger charge is -2.40. The average Bonchev–Trinajstić information content (AvgIpc) is 1.65. The van der Waals surface area contributed by atoms with Gasteiger partial charge >= 0.3 is 48.2 Å². The van der Waals surface area contributed by atoms with Crippen LogP contribution in [0.15, 0.2) is 21.6 Å². The van der Waals surface area contributed by atoms with E-state index in [0.717, 1.165) is 3.58 Å². The number of esters is 1. The molecule has 4 heterocycles. The Balaban J connectivity index is 0. The van der Waals surface area contributed by atoms with Gasteiger partial charge in [0, 0.05) is 61.4 Å². The Kier molecular flexibility index (Phi) is 43.0. The topological polar surface area (TPSA) is 465 Å². The largest absolute Gasteiger partial charge is 0.481 e. The third-order valence-electron chi connectivity index (χ3n) is 14.4. The number of nitrogens with one attached hydrogen (secondary N) is 6. The van der Waals surface area contributed by atoms with Crippen molar-refractivity contribution >= 4 is 93.4 Å². The Bertz CT molecular complexity index is 2800. The van der Waals surface area contributed by atoms with Gasteiger partial charge in [0.05, 0.1) is 56.8 Å². The number of amides is 8. The number of ether oxygens (including phenoxy) is 6. The number of terminal acetylenes is 1. The summed E-state index contributed by atoms with van der Waals surface area (Å²) in [7, 11) is -4.22. The minimum absolute atomic E-state index is 0.00210. The molecule has 16 N–H and O–H groups in total. The van der Waals surface area contributed by atoms with Crippen LogP contribution in [0.3, 0.4) is 0 Å². The van der Waals surface area contributed by atoms with Gasteiger partial charge in [0.2, 0.25) is 5.91 Å². The molecule has 0 radical (unpaired) electrons. The highest BCUT2D eigenvalue weighted by atomic mass is 127. The SMILES string of the molecule is C#CCOC(=O)CCNC(=O)OC(C)(C)C.CC.CC(C)(C)OC(=O)NCCC(=O)NCC#CC1=CN(C2CC(O[Si](C)(C)C(C)(C)C)C(CO[Si](C)(C)C(C)(C)C)O2)C(=O)NC1N.CC(C)(C)OC(=O)NCCC(=O)O.NC1NC(=O)N(C2CC(O)C(CO)O2)C=C1I.NCCC(=O)O. The molecule has 4 rings (SSSR count). The van der Waals surface area contributed by atoms with E-state index in [-0.39, 0.29) is 118 Å². The minimum Gasteiger partial charge on any atom is -0.481 e. The van der Waals surface area contributed by atoms with Crippen LogP contribution >= 0.6 is 22.6 Å². The number of nitrogens with zero attached hydrogens (tertiary/aromatic N) is 2. The molecule has 2 saturated heterocycles.